The van der Waals surface area contributed by atoms with Crippen LogP contribution < -0.4 is 21.5 Å². The SMILES string of the molecule is CCCC(=O)Nc1ccc(C(=O)NNC(=S)NC(=O)/C=C/c2ccccc2)cc1. The van der Waals surface area contributed by atoms with Gasteiger partial charge < -0.3 is 5.32 Å². The van der Waals surface area contributed by atoms with Gasteiger partial charge in [0.25, 0.3) is 5.91 Å². The minimum atomic E-state index is -0.437. The Bertz CT molecular complexity index is 896. The van der Waals surface area contributed by atoms with Crippen LogP contribution in [0.5, 0.6) is 0 Å². The van der Waals surface area contributed by atoms with Crippen LogP contribution in [0.4, 0.5) is 5.69 Å². The van der Waals surface area contributed by atoms with Crippen LogP contribution in [-0.4, -0.2) is 22.8 Å². The fourth-order valence-electron chi connectivity index (χ4n) is 2.26. The molecule has 2 rings (SSSR count). The maximum Gasteiger partial charge on any atom is 0.269 e. The molecule has 0 fully saturated rings. The van der Waals surface area contributed by atoms with Gasteiger partial charge in [-0.3, -0.25) is 30.6 Å². The molecule has 2 aromatic rings. The van der Waals surface area contributed by atoms with Crippen molar-refractivity contribution in [3.63, 3.8) is 0 Å². The fourth-order valence-corrected chi connectivity index (χ4v) is 2.41. The first-order valence-electron chi connectivity index (χ1n) is 9.02. The number of hydrogen-bond donors (Lipinski definition) is 4. The maximum atomic E-state index is 12.1. The molecule has 0 saturated heterocycles. The van der Waals surface area contributed by atoms with E-state index in [4.69, 9.17) is 12.2 Å². The van der Waals surface area contributed by atoms with Crippen LogP contribution in [0.1, 0.15) is 35.7 Å². The molecule has 0 atom stereocenters. The van der Waals surface area contributed by atoms with Gasteiger partial charge in [0.1, 0.15) is 0 Å². The lowest BCUT2D eigenvalue weighted by atomic mass is 10.2. The standard InChI is InChI=1S/C21H22N4O3S/c1-2-6-18(26)22-17-12-10-16(11-13-17)20(28)24-25-21(29)23-19(27)14-9-15-7-4-3-5-8-15/h3-5,7-14H,2,6H2,1H3,(H,22,26)(H,24,28)(H2,23,25,27,29)/b14-9+. The van der Waals surface area contributed by atoms with Crippen molar-refractivity contribution in [2.75, 3.05) is 5.32 Å². The third kappa shape index (κ3) is 7.94. The van der Waals surface area contributed by atoms with Gasteiger partial charge in [-0.1, -0.05) is 37.3 Å². The highest BCUT2D eigenvalue weighted by atomic mass is 32.1. The molecule has 7 nitrogen and oxygen atoms in total. The number of carbonyl (C=O) groups excluding carboxylic acids is 3. The summed E-state index contributed by atoms with van der Waals surface area (Å²) in [6.07, 6.45) is 4.19. The van der Waals surface area contributed by atoms with Gasteiger partial charge in [0.15, 0.2) is 5.11 Å². The molecule has 0 aliphatic heterocycles. The van der Waals surface area contributed by atoms with Crippen LogP contribution in [0.15, 0.2) is 60.7 Å². The summed E-state index contributed by atoms with van der Waals surface area (Å²) in [5, 5.41) is 5.14. The van der Waals surface area contributed by atoms with E-state index < -0.39 is 11.8 Å². The Hall–Kier alpha value is -3.52. The third-order valence-electron chi connectivity index (χ3n) is 3.66. The van der Waals surface area contributed by atoms with Crippen molar-refractivity contribution in [1.29, 1.82) is 0 Å². The number of rotatable bonds is 6. The van der Waals surface area contributed by atoms with Crippen molar-refractivity contribution in [2.45, 2.75) is 19.8 Å². The summed E-state index contributed by atoms with van der Waals surface area (Å²) in [6.45, 7) is 1.92. The lowest BCUT2D eigenvalue weighted by Gasteiger charge is -2.10. The van der Waals surface area contributed by atoms with Crippen molar-refractivity contribution < 1.29 is 14.4 Å². The highest BCUT2D eigenvalue weighted by Gasteiger charge is 2.08. The Morgan fingerprint density at radius 1 is 0.966 bits per heavy atom. The zero-order valence-corrected chi connectivity index (χ0v) is 16.7. The summed E-state index contributed by atoms with van der Waals surface area (Å²) in [5.41, 5.74) is 6.73. The normalized spacial score (nSPS) is 10.2. The molecule has 2 aromatic carbocycles. The van der Waals surface area contributed by atoms with E-state index in [9.17, 15) is 14.4 Å². The van der Waals surface area contributed by atoms with E-state index >= 15 is 0 Å². The Kier molecular flexibility index (Phi) is 8.52. The molecule has 0 aliphatic rings. The summed E-state index contributed by atoms with van der Waals surface area (Å²) in [6, 6.07) is 15.8. The number of benzene rings is 2. The molecule has 8 heteroatoms. The van der Waals surface area contributed by atoms with E-state index in [-0.39, 0.29) is 11.0 Å². The second-order valence-electron chi connectivity index (χ2n) is 6.02. The number of anilines is 1. The van der Waals surface area contributed by atoms with Crippen molar-refractivity contribution in [1.82, 2.24) is 16.2 Å². The van der Waals surface area contributed by atoms with Crippen LogP contribution in [0.2, 0.25) is 0 Å². The average molecular weight is 410 g/mol. The summed E-state index contributed by atoms with van der Waals surface area (Å²) >= 11 is 4.98. The van der Waals surface area contributed by atoms with E-state index in [1.54, 1.807) is 30.3 Å². The molecule has 0 bridgehead atoms. The zero-order valence-electron chi connectivity index (χ0n) is 15.9. The Morgan fingerprint density at radius 2 is 1.66 bits per heavy atom. The molecule has 0 heterocycles. The van der Waals surface area contributed by atoms with Crippen LogP contribution in [-0.2, 0) is 9.59 Å². The molecule has 0 aliphatic carbocycles. The molecule has 3 amide bonds. The number of amides is 3. The van der Waals surface area contributed by atoms with E-state index in [0.29, 0.717) is 17.7 Å². The predicted molar refractivity (Wildman–Crippen MR) is 117 cm³/mol. The molecule has 0 spiro atoms. The first kappa shape index (κ1) is 21.8. The molecule has 0 aromatic heterocycles. The van der Waals surface area contributed by atoms with Crippen molar-refractivity contribution >= 4 is 46.8 Å². The molecule has 4 N–H and O–H groups in total. The van der Waals surface area contributed by atoms with Gasteiger partial charge in [0.05, 0.1) is 0 Å². The second-order valence-corrected chi connectivity index (χ2v) is 6.43. The molecule has 0 radical (unpaired) electrons. The quantitative estimate of drug-likeness (QED) is 0.333. The van der Waals surface area contributed by atoms with Gasteiger partial charge in [-0.25, -0.2) is 0 Å². The smallest absolute Gasteiger partial charge is 0.269 e. The highest BCUT2D eigenvalue weighted by Crippen LogP contribution is 2.10. The minimum absolute atomic E-state index is 0.0375. The largest absolute Gasteiger partial charge is 0.326 e. The first-order chi connectivity index (χ1) is 14.0. The highest BCUT2D eigenvalue weighted by molar-refractivity contribution is 7.80. The zero-order chi connectivity index (χ0) is 21.1. The average Bonchev–Trinajstić information content (AvgIpc) is 2.72. The summed E-state index contributed by atoms with van der Waals surface area (Å²) in [4.78, 5) is 35.5. The van der Waals surface area contributed by atoms with Gasteiger partial charge in [-0.2, -0.15) is 0 Å². The monoisotopic (exact) mass is 410 g/mol. The minimum Gasteiger partial charge on any atom is -0.326 e. The summed E-state index contributed by atoms with van der Waals surface area (Å²) < 4.78 is 0. The van der Waals surface area contributed by atoms with Crippen molar-refractivity contribution in [3.05, 3.63) is 71.8 Å². The second kappa shape index (κ2) is 11.4. The summed E-state index contributed by atoms with van der Waals surface area (Å²) in [5.74, 6) is -0.936. The van der Waals surface area contributed by atoms with E-state index in [1.807, 2.05) is 37.3 Å². The van der Waals surface area contributed by atoms with Gasteiger partial charge in [0.2, 0.25) is 11.8 Å². The number of hydrogen-bond acceptors (Lipinski definition) is 4. The third-order valence-corrected chi connectivity index (χ3v) is 3.87. The molecule has 29 heavy (non-hydrogen) atoms. The number of carbonyl (C=O) groups is 3. The Balaban J connectivity index is 1.77. The fraction of sp³-hybridized carbons (Fsp3) is 0.143. The van der Waals surface area contributed by atoms with Crippen LogP contribution >= 0.6 is 12.2 Å². The van der Waals surface area contributed by atoms with Crippen molar-refractivity contribution in [2.24, 2.45) is 0 Å². The van der Waals surface area contributed by atoms with Gasteiger partial charge in [-0.15, -0.1) is 0 Å². The van der Waals surface area contributed by atoms with E-state index in [1.165, 1.54) is 6.08 Å². The topological polar surface area (TPSA) is 99.3 Å². The number of hydrazine groups is 1. The molecular formula is C21H22N4O3S. The lowest BCUT2D eigenvalue weighted by molar-refractivity contribution is -0.116. The predicted octanol–water partition coefficient (Wildman–Crippen LogP) is 2.77. The Morgan fingerprint density at radius 3 is 2.31 bits per heavy atom. The molecule has 0 unspecified atom stereocenters. The maximum absolute atomic E-state index is 12.1. The number of nitrogens with one attached hydrogen (secondary N) is 4. The molecule has 0 saturated carbocycles. The van der Waals surface area contributed by atoms with E-state index in [0.717, 1.165) is 12.0 Å². The van der Waals surface area contributed by atoms with Gasteiger partial charge in [-0.05, 0) is 54.5 Å². The lowest BCUT2D eigenvalue weighted by Crippen LogP contribution is -2.48. The Labute approximate surface area is 174 Å². The van der Waals surface area contributed by atoms with Gasteiger partial charge >= 0.3 is 0 Å². The number of thiocarbonyl (C=S) groups is 1. The van der Waals surface area contributed by atoms with Crippen molar-refractivity contribution in [3.8, 4) is 0 Å². The first-order valence-corrected chi connectivity index (χ1v) is 9.43. The van der Waals surface area contributed by atoms with Gasteiger partial charge in [0, 0.05) is 23.7 Å². The molecule has 150 valence electrons. The van der Waals surface area contributed by atoms with Crippen LogP contribution in [0, 0.1) is 0 Å². The molecular weight excluding hydrogens is 388 g/mol. The van der Waals surface area contributed by atoms with Crippen LogP contribution in [0.3, 0.4) is 0 Å². The van der Waals surface area contributed by atoms with E-state index in [2.05, 4.69) is 21.5 Å². The summed E-state index contributed by atoms with van der Waals surface area (Å²) in [7, 11) is 0. The van der Waals surface area contributed by atoms with Crippen LogP contribution in [0.25, 0.3) is 6.08 Å².